The van der Waals surface area contributed by atoms with Crippen molar-refractivity contribution in [3.05, 3.63) is 23.4 Å². The van der Waals surface area contributed by atoms with Gasteiger partial charge in [-0.2, -0.15) is 0 Å². The summed E-state index contributed by atoms with van der Waals surface area (Å²) in [6.45, 7) is 3.77. The molecule has 0 aliphatic carbocycles. The lowest BCUT2D eigenvalue weighted by molar-refractivity contribution is 0.0696. The van der Waals surface area contributed by atoms with Crippen molar-refractivity contribution < 1.29 is 9.90 Å². The third-order valence-electron chi connectivity index (χ3n) is 2.83. The molecule has 17 heavy (non-hydrogen) atoms. The van der Waals surface area contributed by atoms with Crippen molar-refractivity contribution in [2.24, 2.45) is 0 Å². The van der Waals surface area contributed by atoms with Gasteiger partial charge in [0, 0.05) is 18.8 Å². The minimum Gasteiger partial charge on any atom is -0.478 e. The van der Waals surface area contributed by atoms with Crippen molar-refractivity contribution >= 4 is 11.8 Å². The molecule has 1 aliphatic heterocycles. The maximum Gasteiger partial charge on any atom is 0.335 e. The first-order chi connectivity index (χ1) is 8.15. The third kappa shape index (κ3) is 3.17. The Hall–Kier alpha value is -1.62. The molecule has 92 valence electrons. The minimum absolute atomic E-state index is 0.275. The minimum atomic E-state index is -0.919. The van der Waals surface area contributed by atoms with Gasteiger partial charge < -0.3 is 10.5 Å². The molecule has 0 unspecified atom stereocenters. The molecule has 0 spiro atoms. The number of aryl methyl sites for hydroxylation is 1. The fraction of sp³-hybridized carbons (Fsp3) is 0.500. The summed E-state index contributed by atoms with van der Waals surface area (Å²) in [5.74, 6) is -0.304. The molecule has 0 radical (unpaired) electrons. The van der Waals surface area contributed by atoms with E-state index >= 15 is 0 Å². The number of aromatic nitrogens is 1. The van der Waals surface area contributed by atoms with Crippen LogP contribution in [0.3, 0.4) is 0 Å². The van der Waals surface area contributed by atoms with Gasteiger partial charge in [-0.3, -0.25) is 0 Å². The molecule has 2 N–H and O–H groups in total. The maximum atomic E-state index is 10.9. The summed E-state index contributed by atoms with van der Waals surface area (Å²) in [6.07, 6.45) is 3.61. The van der Waals surface area contributed by atoms with Gasteiger partial charge in [0.2, 0.25) is 0 Å². The van der Waals surface area contributed by atoms with Crippen LogP contribution < -0.4 is 5.43 Å². The second-order valence-corrected chi connectivity index (χ2v) is 4.35. The number of carbonyl (C=O) groups is 1. The largest absolute Gasteiger partial charge is 0.478 e. The maximum absolute atomic E-state index is 10.9. The molecule has 0 aromatic carbocycles. The number of nitrogens with zero attached hydrogens (tertiary/aromatic N) is 2. The standard InChI is InChI=1S/C12H17N3O2/c1-9-7-10(12(16)17)8-11(13-9)14-15-5-3-2-4-6-15/h7-8H,2-6H2,1H3,(H,13,14)(H,16,17). The van der Waals surface area contributed by atoms with E-state index in [4.69, 9.17) is 5.11 Å². The zero-order chi connectivity index (χ0) is 12.3. The van der Waals surface area contributed by atoms with Crippen LogP contribution in [0.4, 0.5) is 5.82 Å². The summed E-state index contributed by atoms with van der Waals surface area (Å²) in [5, 5.41) is 11.1. The number of nitrogens with one attached hydrogen (secondary N) is 1. The fourth-order valence-corrected chi connectivity index (χ4v) is 2.02. The molecule has 2 rings (SSSR count). The molecule has 2 heterocycles. The summed E-state index contributed by atoms with van der Waals surface area (Å²) in [6, 6.07) is 3.15. The molecular formula is C12H17N3O2. The molecule has 1 saturated heterocycles. The van der Waals surface area contributed by atoms with E-state index in [1.54, 1.807) is 19.1 Å². The molecule has 1 aliphatic rings. The van der Waals surface area contributed by atoms with Gasteiger partial charge in [0.05, 0.1) is 5.56 Å². The normalized spacial score (nSPS) is 16.8. The van der Waals surface area contributed by atoms with Gasteiger partial charge >= 0.3 is 5.97 Å². The zero-order valence-electron chi connectivity index (χ0n) is 9.94. The number of hydrogen-bond donors (Lipinski definition) is 2. The first-order valence-corrected chi connectivity index (χ1v) is 5.89. The number of carboxylic acids is 1. The number of carboxylic acid groups (broad SMARTS) is 1. The third-order valence-corrected chi connectivity index (χ3v) is 2.83. The molecule has 0 bridgehead atoms. The smallest absolute Gasteiger partial charge is 0.335 e. The molecule has 0 atom stereocenters. The lowest BCUT2D eigenvalue weighted by Gasteiger charge is -2.27. The van der Waals surface area contributed by atoms with Crippen molar-refractivity contribution in [3.8, 4) is 0 Å². The highest BCUT2D eigenvalue weighted by Crippen LogP contribution is 2.14. The van der Waals surface area contributed by atoms with Crippen molar-refractivity contribution in [2.75, 3.05) is 18.5 Å². The van der Waals surface area contributed by atoms with E-state index in [2.05, 4.69) is 15.4 Å². The molecular weight excluding hydrogens is 218 g/mol. The number of hydrogen-bond acceptors (Lipinski definition) is 4. The van der Waals surface area contributed by atoms with Crippen LogP contribution in [0.2, 0.25) is 0 Å². The van der Waals surface area contributed by atoms with Gasteiger partial charge in [0.1, 0.15) is 5.82 Å². The summed E-state index contributed by atoms with van der Waals surface area (Å²) in [7, 11) is 0. The molecule has 0 saturated carbocycles. The summed E-state index contributed by atoms with van der Waals surface area (Å²) in [4.78, 5) is 15.2. The second-order valence-electron chi connectivity index (χ2n) is 4.35. The highest BCUT2D eigenvalue weighted by Gasteiger charge is 2.12. The summed E-state index contributed by atoms with van der Waals surface area (Å²) in [5.41, 5.74) is 4.16. The van der Waals surface area contributed by atoms with Gasteiger partial charge in [-0.05, 0) is 31.9 Å². The first kappa shape index (κ1) is 11.9. The lowest BCUT2D eigenvalue weighted by atomic mass is 10.2. The van der Waals surface area contributed by atoms with Crippen LogP contribution in [-0.2, 0) is 0 Å². The van der Waals surface area contributed by atoms with E-state index in [0.717, 1.165) is 13.1 Å². The summed E-state index contributed by atoms with van der Waals surface area (Å²) < 4.78 is 0. The van der Waals surface area contributed by atoms with Crippen molar-refractivity contribution in [1.29, 1.82) is 0 Å². The zero-order valence-corrected chi connectivity index (χ0v) is 9.94. The molecule has 1 fully saturated rings. The van der Waals surface area contributed by atoms with Crippen LogP contribution in [0.5, 0.6) is 0 Å². The van der Waals surface area contributed by atoms with E-state index in [-0.39, 0.29) is 5.56 Å². The van der Waals surface area contributed by atoms with Gasteiger partial charge in [-0.15, -0.1) is 0 Å². The van der Waals surface area contributed by atoms with E-state index in [0.29, 0.717) is 11.5 Å². The van der Waals surface area contributed by atoms with Crippen molar-refractivity contribution in [2.45, 2.75) is 26.2 Å². The SMILES string of the molecule is Cc1cc(C(=O)O)cc(NN2CCCCC2)n1. The first-order valence-electron chi connectivity index (χ1n) is 5.89. The predicted octanol–water partition coefficient (Wildman–Crippen LogP) is 1.90. The van der Waals surface area contributed by atoms with Crippen molar-refractivity contribution in [1.82, 2.24) is 9.99 Å². The topological polar surface area (TPSA) is 65.5 Å². The molecule has 0 amide bonds. The highest BCUT2D eigenvalue weighted by molar-refractivity contribution is 5.88. The number of aromatic carboxylic acids is 1. The van der Waals surface area contributed by atoms with Gasteiger partial charge in [-0.1, -0.05) is 6.42 Å². The van der Waals surface area contributed by atoms with Crippen LogP contribution in [0, 0.1) is 6.92 Å². The number of hydrazine groups is 1. The monoisotopic (exact) mass is 235 g/mol. The van der Waals surface area contributed by atoms with Crippen LogP contribution >= 0.6 is 0 Å². The van der Waals surface area contributed by atoms with E-state index in [1.807, 2.05) is 0 Å². The Bertz CT molecular complexity index is 414. The number of anilines is 1. The van der Waals surface area contributed by atoms with Crippen LogP contribution in [-0.4, -0.2) is 34.2 Å². The van der Waals surface area contributed by atoms with E-state index in [1.165, 1.54) is 19.3 Å². The Morgan fingerprint density at radius 1 is 1.35 bits per heavy atom. The Balaban J connectivity index is 2.11. The average molecular weight is 235 g/mol. The van der Waals surface area contributed by atoms with Gasteiger partial charge in [-0.25, -0.2) is 14.8 Å². The van der Waals surface area contributed by atoms with Gasteiger partial charge in [0.15, 0.2) is 0 Å². The van der Waals surface area contributed by atoms with Crippen LogP contribution in [0.1, 0.15) is 35.3 Å². The van der Waals surface area contributed by atoms with Crippen molar-refractivity contribution in [3.63, 3.8) is 0 Å². The number of rotatable bonds is 3. The molecule has 1 aromatic heterocycles. The van der Waals surface area contributed by atoms with Gasteiger partial charge in [0.25, 0.3) is 0 Å². The number of piperidine rings is 1. The predicted molar refractivity (Wildman–Crippen MR) is 65.0 cm³/mol. The lowest BCUT2D eigenvalue weighted by Crippen LogP contribution is -2.35. The summed E-state index contributed by atoms with van der Waals surface area (Å²) >= 11 is 0. The molecule has 5 nitrogen and oxygen atoms in total. The average Bonchev–Trinajstić information content (AvgIpc) is 2.29. The Kier molecular flexibility index (Phi) is 3.58. The van der Waals surface area contributed by atoms with E-state index in [9.17, 15) is 4.79 Å². The Labute approximate surface area is 100 Å². The van der Waals surface area contributed by atoms with Crippen LogP contribution in [0.25, 0.3) is 0 Å². The Morgan fingerprint density at radius 3 is 2.71 bits per heavy atom. The number of pyridine rings is 1. The fourth-order valence-electron chi connectivity index (χ4n) is 2.02. The second kappa shape index (κ2) is 5.14. The highest BCUT2D eigenvalue weighted by atomic mass is 16.4. The Morgan fingerprint density at radius 2 is 2.06 bits per heavy atom. The molecule has 1 aromatic rings. The van der Waals surface area contributed by atoms with E-state index < -0.39 is 5.97 Å². The van der Waals surface area contributed by atoms with Crippen LogP contribution in [0.15, 0.2) is 12.1 Å². The quantitative estimate of drug-likeness (QED) is 0.837. The molecule has 5 heteroatoms.